The van der Waals surface area contributed by atoms with Crippen molar-refractivity contribution in [3.8, 4) is 11.1 Å². The molecule has 1 saturated heterocycles. The van der Waals surface area contributed by atoms with E-state index in [1.54, 1.807) is 0 Å². The van der Waals surface area contributed by atoms with Gasteiger partial charge in [-0.2, -0.15) is 0 Å². The van der Waals surface area contributed by atoms with Gasteiger partial charge >= 0.3 is 5.97 Å². The van der Waals surface area contributed by atoms with Crippen LogP contribution in [0.25, 0.3) is 11.1 Å². The van der Waals surface area contributed by atoms with Crippen LogP contribution in [0.1, 0.15) is 62.5 Å². The van der Waals surface area contributed by atoms with Gasteiger partial charge in [-0.1, -0.05) is 97.1 Å². The van der Waals surface area contributed by atoms with Crippen LogP contribution in [0.15, 0.2) is 109 Å². The molecule has 0 aromatic heterocycles. The Bertz CT molecular complexity index is 1370. The largest absolute Gasteiger partial charge is 0.469 e. The molecule has 7 nitrogen and oxygen atoms in total. The van der Waals surface area contributed by atoms with Gasteiger partial charge in [-0.3, -0.25) is 15.1 Å². The van der Waals surface area contributed by atoms with Crippen molar-refractivity contribution in [1.82, 2.24) is 5.48 Å². The smallest absolute Gasteiger partial charge is 0.305 e. The molecule has 2 fully saturated rings. The van der Waals surface area contributed by atoms with Gasteiger partial charge in [0.1, 0.15) is 0 Å². The lowest BCUT2D eigenvalue weighted by atomic mass is 9.96. The topological polar surface area (TPSA) is 75.3 Å². The van der Waals surface area contributed by atoms with Gasteiger partial charge in [0.2, 0.25) is 0 Å². The summed E-state index contributed by atoms with van der Waals surface area (Å²) in [5, 5.41) is 0. The third-order valence-corrected chi connectivity index (χ3v) is 8.60. The third-order valence-electron chi connectivity index (χ3n) is 8.60. The molecule has 1 N–H and O–H groups in total. The van der Waals surface area contributed by atoms with Crippen LogP contribution in [-0.4, -0.2) is 38.2 Å². The first kappa shape index (κ1) is 33.6. The first-order valence-electron chi connectivity index (χ1n) is 16.6. The molecule has 1 unspecified atom stereocenters. The van der Waals surface area contributed by atoms with Crippen molar-refractivity contribution in [3.63, 3.8) is 0 Å². The molecule has 4 atom stereocenters. The van der Waals surface area contributed by atoms with Crippen molar-refractivity contribution in [1.29, 1.82) is 0 Å². The Kier molecular flexibility index (Phi) is 13.5. The molecule has 0 radical (unpaired) electrons. The highest BCUT2D eigenvalue weighted by atomic mass is 16.7. The Morgan fingerprint density at radius 2 is 1.63 bits per heavy atom. The Morgan fingerprint density at radius 1 is 0.891 bits per heavy atom. The number of rotatable bonds is 16. The molecular weight excluding hydrogens is 578 g/mol. The van der Waals surface area contributed by atoms with Crippen LogP contribution in [0.5, 0.6) is 0 Å². The van der Waals surface area contributed by atoms with E-state index in [0.717, 1.165) is 68.3 Å². The quantitative estimate of drug-likeness (QED) is 0.0747. The second-order valence-corrected chi connectivity index (χ2v) is 11.9. The first-order valence-corrected chi connectivity index (χ1v) is 16.6. The monoisotopic (exact) mass is 625 g/mol. The zero-order valence-corrected chi connectivity index (χ0v) is 26.9. The fourth-order valence-electron chi connectivity index (χ4n) is 6.04. The predicted molar refractivity (Wildman–Crippen MR) is 179 cm³/mol. The van der Waals surface area contributed by atoms with E-state index in [1.807, 2.05) is 42.6 Å². The van der Waals surface area contributed by atoms with E-state index in [2.05, 4.69) is 66.2 Å². The molecule has 7 heteroatoms. The summed E-state index contributed by atoms with van der Waals surface area (Å²) >= 11 is 0. The van der Waals surface area contributed by atoms with Crippen LogP contribution in [-0.2, 0) is 41.8 Å². The molecule has 1 aliphatic carbocycles. The van der Waals surface area contributed by atoms with Crippen LogP contribution in [0, 0.1) is 5.92 Å². The number of esters is 1. The lowest BCUT2D eigenvalue weighted by molar-refractivity contribution is -0.181. The summed E-state index contributed by atoms with van der Waals surface area (Å²) in [5.74, 6) is -0.0898. The lowest BCUT2D eigenvalue weighted by Crippen LogP contribution is -2.28. The van der Waals surface area contributed by atoms with Crippen molar-refractivity contribution >= 4 is 5.97 Å². The van der Waals surface area contributed by atoms with E-state index in [9.17, 15) is 4.79 Å². The minimum atomic E-state index is -0.216. The van der Waals surface area contributed by atoms with Gasteiger partial charge in [-0.25, -0.2) is 0 Å². The number of carbonyl (C=O) groups excluding carboxylic acids is 1. The predicted octanol–water partition coefficient (Wildman–Crippen LogP) is 8.07. The van der Waals surface area contributed by atoms with Crippen molar-refractivity contribution in [3.05, 3.63) is 120 Å². The van der Waals surface area contributed by atoms with Crippen molar-refractivity contribution < 1.29 is 28.6 Å². The Balaban J connectivity index is 1.28. The molecule has 5 rings (SSSR count). The van der Waals surface area contributed by atoms with Gasteiger partial charge < -0.3 is 18.9 Å². The minimum Gasteiger partial charge on any atom is -0.469 e. The third kappa shape index (κ3) is 10.4. The highest BCUT2D eigenvalue weighted by Gasteiger charge is 2.41. The average Bonchev–Trinajstić information content (AvgIpc) is 3.43. The molecule has 0 amide bonds. The normalized spacial score (nSPS) is 22.3. The summed E-state index contributed by atoms with van der Waals surface area (Å²) in [6.45, 7) is 1.69. The number of carbonyl (C=O) groups is 1. The standard InChI is InChI=1S/C39H47NO6/c1-42-38(41)19-11-3-2-10-18-34-35(27-40-45-29-30-14-6-4-7-15-30)37(46-39-20-12-13-25-43-39)26-36(34)44-28-31-21-23-33(24-22-31)32-16-8-5-9-17-32/h2,4-10,14-17,21-24,27,34,36-37,39-40H,3,11-13,18-20,25-26,28-29H2,1H3/t34-,36+,37-,39?/m1/s1. The number of nitrogens with one attached hydrogen (secondary N) is 1. The average molecular weight is 626 g/mol. The van der Waals surface area contributed by atoms with Crippen LogP contribution in [0.2, 0.25) is 0 Å². The number of unbranched alkanes of at least 4 members (excludes halogenated alkanes) is 1. The van der Waals surface area contributed by atoms with E-state index in [1.165, 1.54) is 18.2 Å². The number of allylic oxidation sites excluding steroid dienone is 2. The maximum absolute atomic E-state index is 11.5. The molecule has 46 heavy (non-hydrogen) atoms. The van der Waals surface area contributed by atoms with Crippen molar-refractivity contribution in [2.45, 2.75) is 83.1 Å². The number of ether oxygens (including phenoxy) is 4. The fourth-order valence-corrected chi connectivity index (χ4v) is 6.04. The van der Waals surface area contributed by atoms with E-state index in [0.29, 0.717) is 19.6 Å². The van der Waals surface area contributed by atoms with Crippen LogP contribution in [0.4, 0.5) is 0 Å². The number of hydrogen-bond acceptors (Lipinski definition) is 7. The SMILES string of the molecule is COC(=O)CCCC=CC[C@@H]1C(=CNOCc2ccccc2)[C@H](OC2CCCCO2)C[C@@H]1OCc1ccc(-c2ccccc2)cc1. The van der Waals surface area contributed by atoms with Gasteiger partial charge in [0.25, 0.3) is 0 Å². The zero-order chi connectivity index (χ0) is 31.8. The number of benzene rings is 3. The van der Waals surface area contributed by atoms with Gasteiger partial charge in [-0.15, -0.1) is 0 Å². The number of methoxy groups -OCH3 is 1. The Labute approximate surface area is 273 Å². The van der Waals surface area contributed by atoms with E-state index in [-0.39, 0.29) is 30.4 Å². The first-order chi connectivity index (χ1) is 22.7. The summed E-state index contributed by atoms with van der Waals surface area (Å²) in [7, 11) is 1.43. The summed E-state index contributed by atoms with van der Waals surface area (Å²) in [6, 6.07) is 29.1. The molecule has 3 aromatic rings. The summed E-state index contributed by atoms with van der Waals surface area (Å²) in [6.07, 6.45) is 12.5. The molecule has 1 aliphatic heterocycles. The molecule has 1 saturated carbocycles. The van der Waals surface area contributed by atoms with Gasteiger partial charge in [-0.05, 0) is 66.4 Å². The fraction of sp³-hybridized carbons (Fsp3) is 0.410. The van der Waals surface area contributed by atoms with Crippen molar-refractivity contribution in [2.75, 3.05) is 13.7 Å². The highest BCUT2D eigenvalue weighted by Crippen LogP contribution is 2.40. The molecule has 0 bridgehead atoms. The molecule has 1 heterocycles. The Hall–Kier alpha value is -3.75. The minimum absolute atomic E-state index is 0.0516. The maximum Gasteiger partial charge on any atom is 0.305 e. The summed E-state index contributed by atoms with van der Waals surface area (Å²) < 4.78 is 24.0. The second kappa shape index (κ2) is 18.4. The molecule has 244 valence electrons. The van der Waals surface area contributed by atoms with E-state index < -0.39 is 0 Å². The van der Waals surface area contributed by atoms with Gasteiger partial charge in [0.15, 0.2) is 6.29 Å². The zero-order valence-electron chi connectivity index (χ0n) is 26.9. The molecular formula is C39H47NO6. The van der Waals surface area contributed by atoms with Crippen LogP contribution < -0.4 is 5.48 Å². The highest BCUT2D eigenvalue weighted by molar-refractivity contribution is 5.69. The summed E-state index contributed by atoms with van der Waals surface area (Å²) in [4.78, 5) is 17.4. The Morgan fingerprint density at radius 3 is 2.37 bits per heavy atom. The van der Waals surface area contributed by atoms with Gasteiger partial charge in [0.05, 0.1) is 32.5 Å². The number of hydrogen-bond donors (Lipinski definition) is 1. The van der Waals surface area contributed by atoms with Gasteiger partial charge in [0, 0.05) is 31.6 Å². The summed E-state index contributed by atoms with van der Waals surface area (Å²) in [5.41, 5.74) is 8.83. The van der Waals surface area contributed by atoms with Crippen LogP contribution >= 0.6 is 0 Å². The van der Waals surface area contributed by atoms with Crippen LogP contribution in [0.3, 0.4) is 0 Å². The number of hydroxylamine groups is 1. The molecule has 2 aliphatic rings. The second-order valence-electron chi connectivity index (χ2n) is 11.9. The van der Waals surface area contributed by atoms with Crippen molar-refractivity contribution in [2.24, 2.45) is 5.92 Å². The van der Waals surface area contributed by atoms with E-state index in [4.69, 9.17) is 23.8 Å². The molecule has 3 aromatic carbocycles. The maximum atomic E-state index is 11.5. The molecule has 0 spiro atoms. The van der Waals surface area contributed by atoms with E-state index >= 15 is 0 Å². The lowest BCUT2D eigenvalue weighted by Gasteiger charge is -2.27.